The van der Waals surface area contributed by atoms with Crippen LogP contribution in [0.25, 0.3) is 0 Å². The van der Waals surface area contributed by atoms with E-state index in [1.807, 2.05) is 18.7 Å². The third-order valence-electron chi connectivity index (χ3n) is 2.88. The largest absolute Gasteiger partial charge is 0.354 e. The molecule has 0 radical (unpaired) electrons. The van der Waals surface area contributed by atoms with Gasteiger partial charge in [0.2, 0.25) is 5.95 Å². The minimum atomic E-state index is 0.669. The van der Waals surface area contributed by atoms with Crippen molar-refractivity contribution in [3.63, 3.8) is 0 Å². The van der Waals surface area contributed by atoms with E-state index in [-0.39, 0.29) is 0 Å². The van der Waals surface area contributed by atoms with Gasteiger partial charge >= 0.3 is 0 Å². The Kier molecular flexibility index (Phi) is 4.92. The summed E-state index contributed by atoms with van der Waals surface area (Å²) in [4.78, 5) is 8.62. The first-order valence-electron chi connectivity index (χ1n) is 6.22. The van der Waals surface area contributed by atoms with Crippen LogP contribution in [0.5, 0.6) is 0 Å². The second kappa shape index (κ2) is 6.45. The fourth-order valence-electron chi connectivity index (χ4n) is 2.02. The van der Waals surface area contributed by atoms with E-state index < -0.39 is 0 Å². The molecule has 0 unspecified atom stereocenters. The predicted molar refractivity (Wildman–Crippen MR) is 73.9 cm³/mol. The molecule has 0 aliphatic heterocycles. The number of hydrogen-bond acceptors (Lipinski definition) is 4. The van der Waals surface area contributed by atoms with E-state index in [1.54, 1.807) is 6.20 Å². The molecule has 1 N–H and O–H groups in total. The molecule has 5 heteroatoms. The van der Waals surface area contributed by atoms with Gasteiger partial charge in [-0.25, -0.2) is 9.97 Å². The molecule has 1 aliphatic carbocycles. The van der Waals surface area contributed by atoms with E-state index in [2.05, 4.69) is 15.3 Å². The summed E-state index contributed by atoms with van der Waals surface area (Å²) in [6.07, 6.45) is 8.29. The van der Waals surface area contributed by atoms with Crippen LogP contribution < -0.4 is 5.32 Å². The molecule has 1 fully saturated rings. The molecule has 17 heavy (non-hydrogen) atoms. The highest BCUT2D eigenvalue weighted by Crippen LogP contribution is 2.35. The van der Waals surface area contributed by atoms with E-state index in [9.17, 15) is 0 Å². The molecule has 1 aliphatic rings. The lowest BCUT2D eigenvalue weighted by atomic mass is 10.0. The van der Waals surface area contributed by atoms with Gasteiger partial charge in [-0.1, -0.05) is 30.9 Å². The molecule has 0 atom stereocenters. The minimum absolute atomic E-state index is 0.669. The second-order valence-electron chi connectivity index (χ2n) is 4.25. The van der Waals surface area contributed by atoms with Gasteiger partial charge in [-0.05, 0) is 19.8 Å². The molecule has 0 amide bonds. The standard InChI is InChI=1S/C12H18ClN3S/c1-2-14-12-15-8-10(13)11(16-12)17-9-6-4-3-5-7-9/h8-9H,2-7H2,1H3,(H,14,15,16). The molecule has 1 aromatic heterocycles. The number of rotatable bonds is 4. The number of nitrogens with one attached hydrogen (secondary N) is 1. The Morgan fingerprint density at radius 1 is 1.41 bits per heavy atom. The fraction of sp³-hybridized carbons (Fsp3) is 0.667. The van der Waals surface area contributed by atoms with Crippen LogP contribution in [0.3, 0.4) is 0 Å². The van der Waals surface area contributed by atoms with Crippen LogP contribution in [0.2, 0.25) is 5.02 Å². The first-order chi connectivity index (χ1) is 8.29. The maximum atomic E-state index is 6.14. The zero-order chi connectivity index (χ0) is 12.1. The quantitative estimate of drug-likeness (QED) is 0.841. The summed E-state index contributed by atoms with van der Waals surface area (Å²) in [5, 5.41) is 5.38. The van der Waals surface area contributed by atoms with Crippen molar-refractivity contribution in [1.29, 1.82) is 0 Å². The summed E-state index contributed by atoms with van der Waals surface area (Å²) in [5.41, 5.74) is 0. The zero-order valence-electron chi connectivity index (χ0n) is 10.1. The van der Waals surface area contributed by atoms with Gasteiger partial charge in [0.25, 0.3) is 0 Å². The van der Waals surface area contributed by atoms with Gasteiger partial charge in [0, 0.05) is 11.8 Å². The highest BCUT2D eigenvalue weighted by atomic mass is 35.5. The molecule has 0 aromatic carbocycles. The molecular formula is C12H18ClN3S. The highest BCUT2D eigenvalue weighted by molar-refractivity contribution is 8.00. The predicted octanol–water partition coefficient (Wildman–Crippen LogP) is 3.99. The van der Waals surface area contributed by atoms with Crippen LogP contribution >= 0.6 is 23.4 Å². The molecule has 1 saturated carbocycles. The SMILES string of the molecule is CCNc1ncc(Cl)c(SC2CCCCC2)n1. The molecule has 0 spiro atoms. The summed E-state index contributed by atoms with van der Waals surface area (Å²) in [7, 11) is 0. The average molecular weight is 272 g/mol. The number of thioether (sulfide) groups is 1. The Morgan fingerprint density at radius 2 is 2.18 bits per heavy atom. The molecule has 2 rings (SSSR count). The number of anilines is 1. The van der Waals surface area contributed by atoms with Crippen LogP contribution in [0.1, 0.15) is 39.0 Å². The average Bonchev–Trinajstić information content (AvgIpc) is 2.35. The van der Waals surface area contributed by atoms with Gasteiger partial charge in [0.1, 0.15) is 5.03 Å². The Morgan fingerprint density at radius 3 is 2.88 bits per heavy atom. The molecule has 0 saturated heterocycles. The van der Waals surface area contributed by atoms with E-state index in [4.69, 9.17) is 11.6 Å². The summed E-state index contributed by atoms with van der Waals surface area (Å²) in [6, 6.07) is 0. The van der Waals surface area contributed by atoms with Crippen LogP contribution in [-0.4, -0.2) is 21.8 Å². The molecule has 94 valence electrons. The monoisotopic (exact) mass is 271 g/mol. The summed E-state index contributed by atoms with van der Waals surface area (Å²) >= 11 is 7.95. The first kappa shape index (κ1) is 13.0. The number of hydrogen-bond donors (Lipinski definition) is 1. The number of nitrogens with zero attached hydrogens (tertiary/aromatic N) is 2. The van der Waals surface area contributed by atoms with Crippen molar-refractivity contribution in [3.8, 4) is 0 Å². The lowest BCUT2D eigenvalue weighted by Gasteiger charge is -2.20. The van der Waals surface area contributed by atoms with Gasteiger partial charge in [0.05, 0.1) is 11.2 Å². The third-order valence-corrected chi connectivity index (χ3v) is 4.61. The molecular weight excluding hydrogens is 254 g/mol. The Balaban J connectivity index is 2.04. The number of halogens is 1. The fourth-order valence-corrected chi connectivity index (χ4v) is 3.43. The summed E-state index contributed by atoms with van der Waals surface area (Å²) < 4.78 is 0. The van der Waals surface area contributed by atoms with Gasteiger partial charge < -0.3 is 5.32 Å². The lowest BCUT2D eigenvalue weighted by molar-refractivity contribution is 0.515. The highest BCUT2D eigenvalue weighted by Gasteiger charge is 2.17. The van der Waals surface area contributed by atoms with E-state index in [0.717, 1.165) is 11.6 Å². The van der Waals surface area contributed by atoms with Crippen LogP contribution in [0.15, 0.2) is 11.2 Å². The van der Waals surface area contributed by atoms with Gasteiger partial charge in [-0.15, -0.1) is 11.8 Å². The Bertz CT molecular complexity index is 367. The lowest BCUT2D eigenvalue weighted by Crippen LogP contribution is -2.09. The van der Waals surface area contributed by atoms with Gasteiger partial charge in [-0.3, -0.25) is 0 Å². The van der Waals surface area contributed by atoms with Crippen LogP contribution in [0, 0.1) is 0 Å². The van der Waals surface area contributed by atoms with Crippen molar-refractivity contribution < 1.29 is 0 Å². The van der Waals surface area contributed by atoms with Crippen molar-refractivity contribution in [2.75, 3.05) is 11.9 Å². The van der Waals surface area contributed by atoms with Gasteiger partial charge in [-0.2, -0.15) is 0 Å². The van der Waals surface area contributed by atoms with Crippen molar-refractivity contribution in [2.24, 2.45) is 0 Å². The third kappa shape index (κ3) is 3.75. The molecule has 1 heterocycles. The zero-order valence-corrected chi connectivity index (χ0v) is 11.7. The summed E-state index contributed by atoms with van der Waals surface area (Å²) in [5.74, 6) is 0.676. The first-order valence-corrected chi connectivity index (χ1v) is 7.48. The number of aromatic nitrogens is 2. The normalized spacial score (nSPS) is 17.1. The topological polar surface area (TPSA) is 37.8 Å². The van der Waals surface area contributed by atoms with Crippen LogP contribution in [0.4, 0.5) is 5.95 Å². The maximum Gasteiger partial charge on any atom is 0.223 e. The van der Waals surface area contributed by atoms with E-state index >= 15 is 0 Å². The van der Waals surface area contributed by atoms with Crippen molar-refractivity contribution in [2.45, 2.75) is 49.3 Å². The minimum Gasteiger partial charge on any atom is -0.354 e. The molecule has 1 aromatic rings. The smallest absolute Gasteiger partial charge is 0.223 e. The Labute approximate surface area is 112 Å². The van der Waals surface area contributed by atoms with Crippen molar-refractivity contribution >= 4 is 29.3 Å². The van der Waals surface area contributed by atoms with Crippen LogP contribution in [-0.2, 0) is 0 Å². The Hall–Kier alpha value is -0.480. The van der Waals surface area contributed by atoms with Crippen molar-refractivity contribution in [1.82, 2.24) is 9.97 Å². The molecule has 3 nitrogen and oxygen atoms in total. The van der Waals surface area contributed by atoms with Gasteiger partial charge in [0.15, 0.2) is 0 Å². The summed E-state index contributed by atoms with van der Waals surface area (Å²) in [6.45, 7) is 2.86. The molecule has 0 bridgehead atoms. The van der Waals surface area contributed by atoms with Crippen molar-refractivity contribution in [3.05, 3.63) is 11.2 Å². The second-order valence-corrected chi connectivity index (χ2v) is 5.95. The van der Waals surface area contributed by atoms with E-state index in [0.29, 0.717) is 16.2 Å². The maximum absolute atomic E-state index is 6.14. The van der Waals surface area contributed by atoms with E-state index in [1.165, 1.54) is 32.1 Å².